The predicted molar refractivity (Wildman–Crippen MR) is 108 cm³/mol. The van der Waals surface area contributed by atoms with Crippen molar-refractivity contribution in [2.75, 3.05) is 34.9 Å². The maximum Gasteiger partial charge on any atom is 0.203 e. The van der Waals surface area contributed by atoms with Gasteiger partial charge in [0.05, 0.1) is 34.4 Å². The summed E-state index contributed by atoms with van der Waals surface area (Å²) in [5.74, 6) is 2.68. The Balaban J connectivity index is 2.24. The molecule has 27 heavy (non-hydrogen) atoms. The zero-order valence-corrected chi connectivity index (χ0v) is 17.1. The average molecular weight is 374 g/mol. The highest BCUT2D eigenvalue weighted by molar-refractivity contribution is 5.79. The van der Waals surface area contributed by atoms with Crippen molar-refractivity contribution >= 4 is 5.96 Å². The Hall–Kier alpha value is -2.83. The third-order valence-corrected chi connectivity index (χ3v) is 4.33. The second-order valence-corrected chi connectivity index (χ2v) is 6.13. The minimum Gasteiger partial charge on any atom is -0.493 e. The average Bonchev–Trinajstić information content (AvgIpc) is 3.08. The number of guanidine groups is 1. The van der Waals surface area contributed by atoms with Crippen molar-refractivity contribution in [3.8, 4) is 17.2 Å². The number of aryl methyl sites for hydroxylation is 1. The second kappa shape index (κ2) is 9.75. The summed E-state index contributed by atoms with van der Waals surface area (Å²) in [6, 6.07) is 7.97. The van der Waals surface area contributed by atoms with E-state index in [2.05, 4.69) is 27.8 Å². The number of methoxy groups -OCH3 is 3. The van der Waals surface area contributed by atoms with Crippen molar-refractivity contribution in [1.82, 2.24) is 14.8 Å². The van der Waals surface area contributed by atoms with Gasteiger partial charge in [-0.3, -0.25) is 0 Å². The van der Waals surface area contributed by atoms with E-state index >= 15 is 0 Å². The lowest BCUT2D eigenvalue weighted by Crippen LogP contribution is -2.38. The number of benzene rings is 1. The molecule has 1 aromatic heterocycles. The molecule has 0 amide bonds. The molecule has 0 aliphatic carbocycles. The first-order valence-electron chi connectivity index (χ1n) is 8.93. The first-order chi connectivity index (χ1) is 13.0. The number of nitrogens with one attached hydrogen (secondary N) is 1. The van der Waals surface area contributed by atoms with Crippen LogP contribution >= 0.6 is 0 Å². The molecule has 1 N–H and O–H groups in total. The lowest BCUT2D eigenvalue weighted by atomic mass is 10.1. The van der Waals surface area contributed by atoms with Gasteiger partial charge in [0.25, 0.3) is 0 Å². The van der Waals surface area contributed by atoms with E-state index < -0.39 is 0 Å². The van der Waals surface area contributed by atoms with Gasteiger partial charge in [-0.15, -0.1) is 0 Å². The van der Waals surface area contributed by atoms with Crippen molar-refractivity contribution in [3.63, 3.8) is 0 Å². The minimum absolute atomic E-state index is 0.462. The van der Waals surface area contributed by atoms with Crippen LogP contribution in [-0.2, 0) is 20.1 Å². The van der Waals surface area contributed by atoms with Gasteiger partial charge in [-0.05, 0) is 31.2 Å². The van der Waals surface area contributed by atoms with Crippen LogP contribution in [0, 0.1) is 0 Å². The molecule has 0 fully saturated rings. The van der Waals surface area contributed by atoms with Gasteiger partial charge in [-0.25, -0.2) is 4.99 Å². The minimum atomic E-state index is 0.462. The number of hydrogen-bond donors (Lipinski definition) is 1. The van der Waals surface area contributed by atoms with Crippen molar-refractivity contribution in [1.29, 1.82) is 0 Å². The molecule has 0 saturated heterocycles. The topological polar surface area (TPSA) is 60.3 Å². The first kappa shape index (κ1) is 20.5. The highest BCUT2D eigenvalue weighted by atomic mass is 16.5. The van der Waals surface area contributed by atoms with Crippen LogP contribution < -0.4 is 19.5 Å². The predicted octanol–water partition coefficient (Wildman–Crippen LogP) is 2.65. The first-order valence-corrected chi connectivity index (χ1v) is 8.93. The van der Waals surface area contributed by atoms with Crippen LogP contribution in [0.1, 0.15) is 18.2 Å². The van der Waals surface area contributed by atoms with Crippen molar-refractivity contribution < 1.29 is 14.2 Å². The summed E-state index contributed by atoms with van der Waals surface area (Å²) in [5.41, 5.74) is 2.14. The number of aliphatic imine (C=N–C) groups is 1. The van der Waals surface area contributed by atoms with Crippen LogP contribution in [-0.4, -0.2) is 50.3 Å². The number of ether oxygens (including phenoxy) is 3. The normalized spacial score (nSPS) is 11.3. The molecule has 7 nitrogen and oxygen atoms in total. The van der Waals surface area contributed by atoms with Crippen molar-refractivity contribution in [2.24, 2.45) is 12.0 Å². The zero-order chi connectivity index (χ0) is 19.8. The van der Waals surface area contributed by atoms with Crippen LogP contribution in [0.3, 0.4) is 0 Å². The Kier molecular flexibility index (Phi) is 7.40. The molecule has 0 radical (unpaired) electrons. The van der Waals surface area contributed by atoms with Crippen LogP contribution in [0.4, 0.5) is 0 Å². The number of hydrogen-bond acceptors (Lipinski definition) is 4. The van der Waals surface area contributed by atoms with E-state index in [1.165, 1.54) is 5.69 Å². The zero-order valence-electron chi connectivity index (χ0n) is 17.1. The van der Waals surface area contributed by atoms with E-state index in [9.17, 15) is 0 Å². The maximum absolute atomic E-state index is 5.55. The van der Waals surface area contributed by atoms with Crippen LogP contribution in [0.25, 0.3) is 0 Å². The van der Waals surface area contributed by atoms with Crippen LogP contribution in [0.5, 0.6) is 17.2 Å². The lowest BCUT2D eigenvalue weighted by molar-refractivity contribution is 0.322. The maximum atomic E-state index is 5.55. The Morgan fingerprint density at radius 1 is 1.11 bits per heavy atom. The molecular formula is C20H30N4O3. The fourth-order valence-corrected chi connectivity index (χ4v) is 2.90. The molecule has 0 bridgehead atoms. The van der Waals surface area contributed by atoms with Crippen LogP contribution in [0.2, 0.25) is 0 Å². The molecule has 1 heterocycles. The smallest absolute Gasteiger partial charge is 0.203 e. The third kappa shape index (κ3) is 4.87. The van der Waals surface area contributed by atoms with Gasteiger partial charge in [0.2, 0.25) is 5.75 Å². The monoisotopic (exact) mass is 374 g/mol. The number of rotatable bonds is 8. The largest absolute Gasteiger partial charge is 0.493 e. The molecule has 7 heteroatoms. The van der Waals surface area contributed by atoms with E-state index in [0.717, 1.165) is 24.6 Å². The Morgan fingerprint density at radius 2 is 1.85 bits per heavy atom. The lowest BCUT2D eigenvalue weighted by Gasteiger charge is -2.22. The fraction of sp³-hybridized carbons (Fsp3) is 0.450. The molecule has 148 valence electrons. The van der Waals surface area contributed by atoms with Gasteiger partial charge >= 0.3 is 0 Å². The van der Waals surface area contributed by atoms with Gasteiger partial charge in [-0.2, -0.15) is 0 Å². The van der Waals surface area contributed by atoms with Crippen molar-refractivity contribution in [3.05, 3.63) is 41.7 Å². The molecule has 0 aliphatic rings. The Morgan fingerprint density at radius 3 is 2.41 bits per heavy atom. The summed E-state index contributed by atoms with van der Waals surface area (Å²) >= 11 is 0. The summed E-state index contributed by atoms with van der Waals surface area (Å²) in [6.45, 7) is 4.07. The molecule has 1 aromatic carbocycles. The number of aromatic nitrogens is 1. The molecular weight excluding hydrogens is 344 g/mol. The van der Waals surface area contributed by atoms with Gasteiger partial charge < -0.3 is 29.0 Å². The third-order valence-electron chi connectivity index (χ3n) is 4.33. The standard InChI is InChI=1S/C20H30N4O3/c1-7-21-20(24(3)14-16-9-8-12-23(16)2)22-13-15-10-11-17(25-4)19(27-6)18(15)26-5/h8-12H,7,13-14H2,1-6H3,(H,21,22). The van der Waals surface area contributed by atoms with Crippen LogP contribution in [0.15, 0.2) is 35.5 Å². The van der Waals surface area contributed by atoms with Gasteiger partial charge in [0, 0.05) is 38.1 Å². The molecule has 2 rings (SSSR count). The van der Waals surface area contributed by atoms with Crippen molar-refractivity contribution in [2.45, 2.75) is 20.0 Å². The molecule has 2 aromatic rings. The summed E-state index contributed by atoms with van der Waals surface area (Å²) < 4.78 is 18.5. The van der Waals surface area contributed by atoms with E-state index in [-0.39, 0.29) is 0 Å². The summed E-state index contributed by atoms with van der Waals surface area (Å²) in [6.07, 6.45) is 2.04. The Labute approximate surface area is 161 Å². The fourth-order valence-electron chi connectivity index (χ4n) is 2.90. The molecule has 0 saturated carbocycles. The van der Waals surface area contributed by atoms with Gasteiger partial charge in [-0.1, -0.05) is 0 Å². The van der Waals surface area contributed by atoms with E-state index in [0.29, 0.717) is 23.8 Å². The number of nitrogens with zero attached hydrogens (tertiary/aromatic N) is 3. The molecule has 0 spiro atoms. The quantitative estimate of drug-likeness (QED) is 0.569. The SMILES string of the molecule is CCNC(=NCc1ccc(OC)c(OC)c1OC)N(C)Cc1cccn1C. The van der Waals surface area contributed by atoms with E-state index in [1.54, 1.807) is 21.3 Å². The van der Waals surface area contributed by atoms with Gasteiger partial charge in [0.1, 0.15) is 0 Å². The summed E-state index contributed by atoms with van der Waals surface area (Å²) in [5, 5.41) is 3.34. The highest BCUT2D eigenvalue weighted by Gasteiger charge is 2.16. The highest BCUT2D eigenvalue weighted by Crippen LogP contribution is 2.39. The van der Waals surface area contributed by atoms with E-state index in [4.69, 9.17) is 19.2 Å². The molecule has 0 aliphatic heterocycles. The Bertz CT molecular complexity index is 771. The molecule has 0 unspecified atom stereocenters. The summed E-state index contributed by atoms with van der Waals surface area (Å²) in [4.78, 5) is 6.88. The van der Waals surface area contributed by atoms with E-state index in [1.807, 2.05) is 38.5 Å². The van der Waals surface area contributed by atoms with Gasteiger partial charge in [0.15, 0.2) is 17.5 Å². The molecule has 0 atom stereocenters. The summed E-state index contributed by atoms with van der Waals surface area (Å²) in [7, 11) is 8.90. The second-order valence-electron chi connectivity index (χ2n) is 6.13.